The van der Waals surface area contributed by atoms with Gasteiger partial charge in [0.1, 0.15) is 11.6 Å². The molecule has 3 saturated heterocycles. The van der Waals surface area contributed by atoms with Crippen LogP contribution in [0.15, 0.2) is 30.3 Å². The van der Waals surface area contributed by atoms with Crippen molar-refractivity contribution in [3.8, 4) is 0 Å². The second-order valence-electron chi connectivity index (χ2n) is 10.3. The molecule has 3 unspecified atom stereocenters. The molecule has 2 bridgehead atoms. The number of fused-ring (bicyclic) bond motifs is 1. The average molecular weight is 458 g/mol. The Bertz CT molecular complexity index is 937. The lowest BCUT2D eigenvalue weighted by Crippen LogP contribution is -2.58. The summed E-state index contributed by atoms with van der Waals surface area (Å²) in [6.07, 6.45) is 0.507. The Hall–Kier alpha value is -2.45. The third kappa shape index (κ3) is 3.54. The molecule has 3 aliphatic rings. The lowest BCUT2D eigenvalue weighted by molar-refractivity contribution is -0.150. The van der Waals surface area contributed by atoms with Crippen molar-refractivity contribution in [1.82, 2.24) is 15.5 Å². The topological polar surface area (TPSA) is 108 Å². The molecule has 0 aromatic heterocycles. The number of hydrogen-bond acceptors (Lipinski definition) is 5. The van der Waals surface area contributed by atoms with Crippen LogP contribution < -0.4 is 10.6 Å². The van der Waals surface area contributed by atoms with Crippen molar-refractivity contribution < 1.29 is 24.2 Å². The minimum atomic E-state index is -1.09. The highest BCUT2D eigenvalue weighted by molar-refractivity contribution is 5.99. The third-order valence-electron chi connectivity index (χ3n) is 7.76. The molecule has 180 valence electrons. The monoisotopic (exact) mass is 457 g/mol. The maximum Gasteiger partial charge on any atom is 0.246 e. The van der Waals surface area contributed by atoms with E-state index in [9.17, 15) is 19.5 Å². The van der Waals surface area contributed by atoms with Crippen molar-refractivity contribution in [3.63, 3.8) is 0 Å². The highest BCUT2D eigenvalue weighted by Gasteiger charge is 2.80. The molecule has 3 heterocycles. The summed E-state index contributed by atoms with van der Waals surface area (Å²) in [6.45, 7) is 9.42. The first kappa shape index (κ1) is 23.7. The molecule has 8 heteroatoms. The molecule has 33 heavy (non-hydrogen) atoms. The summed E-state index contributed by atoms with van der Waals surface area (Å²) < 4.78 is 6.61. The van der Waals surface area contributed by atoms with Gasteiger partial charge in [-0.1, -0.05) is 37.3 Å². The summed E-state index contributed by atoms with van der Waals surface area (Å²) in [5.41, 5.74) is -0.987. The predicted molar refractivity (Wildman–Crippen MR) is 122 cm³/mol. The fourth-order valence-electron chi connectivity index (χ4n) is 6.20. The molecule has 3 aliphatic heterocycles. The van der Waals surface area contributed by atoms with Crippen molar-refractivity contribution in [3.05, 3.63) is 35.9 Å². The van der Waals surface area contributed by atoms with Crippen molar-refractivity contribution in [1.29, 1.82) is 0 Å². The Labute approximate surface area is 195 Å². The minimum Gasteiger partial charge on any atom is -0.394 e. The molecule has 3 N–H and O–H groups in total. The van der Waals surface area contributed by atoms with Gasteiger partial charge in [0.15, 0.2) is 0 Å². The van der Waals surface area contributed by atoms with Crippen LogP contribution in [0.1, 0.15) is 46.6 Å². The largest absolute Gasteiger partial charge is 0.394 e. The van der Waals surface area contributed by atoms with E-state index < -0.39 is 35.1 Å². The number of nitrogens with zero attached hydrogens (tertiary/aromatic N) is 1. The zero-order valence-corrected chi connectivity index (χ0v) is 20.0. The molecule has 0 saturated carbocycles. The molecular formula is C25H35N3O5. The molecular weight excluding hydrogens is 422 g/mol. The van der Waals surface area contributed by atoms with Gasteiger partial charge >= 0.3 is 0 Å². The lowest BCUT2D eigenvalue weighted by Gasteiger charge is -2.36. The maximum absolute atomic E-state index is 13.8. The van der Waals surface area contributed by atoms with E-state index in [1.54, 1.807) is 6.92 Å². The van der Waals surface area contributed by atoms with Gasteiger partial charge in [0, 0.05) is 12.6 Å². The van der Waals surface area contributed by atoms with Crippen LogP contribution in [0.4, 0.5) is 0 Å². The normalized spacial score (nSPS) is 35.6. The van der Waals surface area contributed by atoms with Gasteiger partial charge in [-0.2, -0.15) is 0 Å². The van der Waals surface area contributed by atoms with Gasteiger partial charge in [-0.15, -0.1) is 0 Å². The second-order valence-corrected chi connectivity index (χ2v) is 10.3. The van der Waals surface area contributed by atoms with Crippen LogP contribution in [-0.4, -0.2) is 63.7 Å². The van der Waals surface area contributed by atoms with Gasteiger partial charge in [0.25, 0.3) is 0 Å². The summed E-state index contributed by atoms with van der Waals surface area (Å²) in [7, 11) is 0. The van der Waals surface area contributed by atoms with E-state index in [0.717, 1.165) is 5.56 Å². The third-order valence-corrected chi connectivity index (χ3v) is 7.76. The van der Waals surface area contributed by atoms with Crippen LogP contribution in [0.3, 0.4) is 0 Å². The van der Waals surface area contributed by atoms with Crippen LogP contribution in [-0.2, 0) is 25.7 Å². The van der Waals surface area contributed by atoms with Gasteiger partial charge in [-0.05, 0) is 45.6 Å². The number of nitrogens with one attached hydrogen (secondary N) is 2. The molecule has 8 nitrogen and oxygen atoms in total. The number of ether oxygens (including phenoxy) is 1. The molecule has 0 radical (unpaired) electrons. The number of aliphatic hydroxyl groups is 1. The summed E-state index contributed by atoms with van der Waals surface area (Å²) >= 11 is 0. The summed E-state index contributed by atoms with van der Waals surface area (Å²) in [5.74, 6) is -2.35. The Balaban J connectivity index is 1.71. The Kier molecular flexibility index (Phi) is 6.03. The van der Waals surface area contributed by atoms with Crippen molar-refractivity contribution >= 4 is 17.7 Å². The van der Waals surface area contributed by atoms with Gasteiger partial charge in [-0.25, -0.2) is 0 Å². The van der Waals surface area contributed by atoms with E-state index in [2.05, 4.69) is 10.6 Å². The number of carbonyl (C=O) groups excluding carboxylic acids is 3. The predicted octanol–water partition coefficient (Wildman–Crippen LogP) is 1.22. The molecule has 0 aliphatic carbocycles. The van der Waals surface area contributed by atoms with E-state index in [4.69, 9.17) is 4.74 Å². The van der Waals surface area contributed by atoms with Gasteiger partial charge in [0.05, 0.1) is 30.1 Å². The van der Waals surface area contributed by atoms with Gasteiger partial charge < -0.3 is 25.4 Å². The Morgan fingerprint density at radius 3 is 2.48 bits per heavy atom. The van der Waals surface area contributed by atoms with Crippen molar-refractivity contribution in [2.24, 2.45) is 17.8 Å². The van der Waals surface area contributed by atoms with E-state index in [0.29, 0.717) is 13.0 Å². The summed E-state index contributed by atoms with van der Waals surface area (Å²) in [6, 6.07) is 8.02. The van der Waals surface area contributed by atoms with Crippen LogP contribution in [0.2, 0.25) is 0 Å². The number of aliphatic hydroxyl groups excluding tert-OH is 1. The fourth-order valence-corrected chi connectivity index (χ4v) is 6.20. The van der Waals surface area contributed by atoms with E-state index in [1.165, 1.54) is 4.90 Å². The lowest BCUT2D eigenvalue weighted by atomic mass is 9.62. The Morgan fingerprint density at radius 1 is 1.21 bits per heavy atom. The number of likely N-dealkylation sites (tertiary alicyclic amines) is 1. The molecule has 3 fully saturated rings. The molecule has 1 spiro atoms. The van der Waals surface area contributed by atoms with Gasteiger partial charge in [-0.3, -0.25) is 14.4 Å². The van der Waals surface area contributed by atoms with E-state index in [-0.39, 0.29) is 36.3 Å². The van der Waals surface area contributed by atoms with Crippen LogP contribution in [0.25, 0.3) is 0 Å². The van der Waals surface area contributed by atoms with E-state index in [1.807, 2.05) is 58.0 Å². The summed E-state index contributed by atoms with van der Waals surface area (Å²) in [4.78, 5) is 42.2. The highest BCUT2D eigenvalue weighted by atomic mass is 16.5. The van der Waals surface area contributed by atoms with Gasteiger partial charge in [0.2, 0.25) is 17.7 Å². The SMILES string of the molecule is CC(C)NC(=O)C1N([C@H](C)CO)C(=O)[C@@H]2[C@H](C(=O)NCc3ccccc3)[C@@]3(C)OC12CC3C. The number of amides is 3. The molecule has 1 aromatic carbocycles. The second kappa shape index (κ2) is 8.40. The number of hydrogen-bond donors (Lipinski definition) is 3. The van der Waals surface area contributed by atoms with Crippen LogP contribution in [0, 0.1) is 17.8 Å². The number of rotatable bonds is 7. The first-order valence-corrected chi connectivity index (χ1v) is 11.8. The highest BCUT2D eigenvalue weighted by Crippen LogP contribution is 2.65. The van der Waals surface area contributed by atoms with Crippen LogP contribution >= 0.6 is 0 Å². The smallest absolute Gasteiger partial charge is 0.246 e. The average Bonchev–Trinajstić information content (AvgIpc) is 3.28. The van der Waals surface area contributed by atoms with E-state index >= 15 is 0 Å². The van der Waals surface area contributed by atoms with Crippen molar-refractivity contribution in [2.45, 2.75) is 76.9 Å². The first-order chi connectivity index (χ1) is 15.6. The Morgan fingerprint density at radius 2 is 1.88 bits per heavy atom. The standard InChI is InChI=1S/C25H35N3O5/c1-14(2)27-22(31)20-25-11-15(3)24(5,33-25)18(19(25)23(32)28(20)16(4)13-29)21(30)26-12-17-9-7-6-8-10-17/h6-10,14-16,18-20,29H,11-13H2,1-5H3,(H,26,30)(H,27,31)/t15?,16-,18-,19+,20?,24+,25?/m1/s1. The maximum atomic E-state index is 13.8. The zero-order valence-electron chi connectivity index (χ0n) is 20.0. The molecule has 4 rings (SSSR count). The molecule has 1 aromatic rings. The summed E-state index contributed by atoms with van der Waals surface area (Å²) in [5, 5.41) is 15.8. The number of carbonyl (C=O) groups is 3. The first-order valence-electron chi connectivity index (χ1n) is 11.8. The molecule has 3 amide bonds. The van der Waals surface area contributed by atoms with Crippen molar-refractivity contribution in [2.75, 3.05) is 6.61 Å². The van der Waals surface area contributed by atoms with Crippen LogP contribution in [0.5, 0.6) is 0 Å². The minimum absolute atomic E-state index is 0.0206. The quantitative estimate of drug-likeness (QED) is 0.571. The zero-order chi connectivity index (χ0) is 24.1. The molecule has 7 atom stereocenters. The fraction of sp³-hybridized carbons (Fsp3) is 0.640. The number of benzene rings is 1.